The lowest BCUT2D eigenvalue weighted by atomic mass is 9.99. The third-order valence-corrected chi connectivity index (χ3v) is 6.16. The molecule has 0 saturated carbocycles. The van der Waals surface area contributed by atoms with E-state index in [1.54, 1.807) is 4.90 Å². The minimum absolute atomic E-state index is 0.0278. The third kappa shape index (κ3) is 3.89. The number of hydrogen-bond donors (Lipinski definition) is 0. The second kappa shape index (κ2) is 8.82. The Hall–Kier alpha value is -2.95. The molecule has 0 N–H and O–H groups in total. The molecule has 2 amide bonds. The fourth-order valence-electron chi connectivity index (χ4n) is 4.54. The van der Waals surface area contributed by atoms with Crippen LogP contribution in [0.3, 0.4) is 0 Å². The van der Waals surface area contributed by atoms with E-state index in [1.807, 2.05) is 66.4 Å². The number of carbonyl (C=O) groups excluding carboxylic acids is 2. The summed E-state index contributed by atoms with van der Waals surface area (Å²) < 4.78 is 0. The molecule has 2 atom stereocenters. The first kappa shape index (κ1) is 20.3. The molecule has 156 valence electrons. The summed E-state index contributed by atoms with van der Waals surface area (Å²) in [5, 5.41) is 0. The Kier molecular flexibility index (Phi) is 5.98. The van der Waals surface area contributed by atoms with Gasteiger partial charge in [0.2, 0.25) is 5.91 Å². The Morgan fingerprint density at radius 3 is 2.57 bits per heavy atom. The number of likely N-dealkylation sites (tertiary alicyclic amines) is 1. The molecule has 30 heavy (non-hydrogen) atoms. The van der Waals surface area contributed by atoms with Gasteiger partial charge >= 0.3 is 0 Å². The normalized spacial score (nSPS) is 21.7. The van der Waals surface area contributed by atoms with Gasteiger partial charge in [-0.25, -0.2) is 0 Å². The summed E-state index contributed by atoms with van der Waals surface area (Å²) in [7, 11) is 0. The topological polar surface area (TPSA) is 53.0 Å². The summed E-state index contributed by atoms with van der Waals surface area (Å²) in [5.41, 5.74) is 3.42. The second-order valence-corrected chi connectivity index (χ2v) is 8.11. The largest absolute Gasteiger partial charge is 0.338 e. The molecule has 2 aromatic rings. The van der Waals surface area contributed by atoms with Gasteiger partial charge in [0.25, 0.3) is 5.91 Å². The number of anilines is 1. The van der Waals surface area contributed by atoms with E-state index >= 15 is 0 Å². The minimum Gasteiger partial charge on any atom is -0.338 e. The van der Waals surface area contributed by atoms with E-state index in [9.17, 15) is 9.59 Å². The Morgan fingerprint density at radius 2 is 1.80 bits per heavy atom. The number of benzodiazepines with no additional fused rings is 1. The fourth-order valence-corrected chi connectivity index (χ4v) is 4.54. The first-order valence-electron chi connectivity index (χ1n) is 10.9. The van der Waals surface area contributed by atoms with Crippen molar-refractivity contribution in [3.05, 3.63) is 65.7 Å². The zero-order valence-corrected chi connectivity index (χ0v) is 17.8. The van der Waals surface area contributed by atoms with Crippen LogP contribution >= 0.6 is 0 Å². The zero-order chi connectivity index (χ0) is 21.1. The molecule has 0 aromatic heterocycles. The molecular weight excluding hydrogens is 374 g/mol. The molecule has 0 bridgehead atoms. The Balaban J connectivity index is 1.70. The van der Waals surface area contributed by atoms with Crippen LogP contribution in [0.15, 0.2) is 59.6 Å². The molecule has 2 aliphatic rings. The fraction of sp³-hybridized carbons (Fsp3) is 0.400. The van der Waals surface area contributed by atoms with Gasteiger partial charge in [-0.3, -0.25) is 14.6 Å². The first-order valence-corrected chi connectivity index (χ1v) is 10.9. The van der Waals surface area contributed by atoms with E-state index in [0.717, 1.165) is 48.3 Å². The number of amides is 2. The van der Waals surface area contributed by atoms with Crippen LogP contribution in [0.2, 0.25) is 0 Å². The van der Waals surface area contributed by atoms with Gasteiger partial charge in [0.15, 0.2) is 0 Å². The average molecular weight is 404 g/mol. The number of hydrogen-bond acceptors (Lipinski definition) is 3. The number of aliphatic imine (C=N–C) groups is 1. The van der Waals surface area contributed by atoms with Crippen LogP contribution in [0, 0.1) is 0 Å². The predicted molar refractivity (Wildman–Crippen MR) is 120 cm³/mol. The summed E-state index contributed by atoms with van der Waals surface area (Å²) in [4.78, 5) is 35.0. The van der Waals surface area contributed by atoms with Crippen molar-refractivity contribution in [2.75, 3.05) is 18.0 Å². The summed E-state index contributed by atoms with van der Waals surface area (Å²) >= 11 is 0. The number of piperidine rings is 1. The van der Waals surface area contributed by atoms with Crippen molar-refractivity contribution in [3.63, 3.8) is 0 Å². The van der Waals surface area contributed by atoms with E-state index in [4.69, 9.17) is 4.99 Å². The maximum Gasteiger partial charge on any atom is 0.252 e. The van der Waals surface area contributed by atoms with Gasteiger partial charge in [-0.15, -0.1) is 0 Å². The molecule has 0 aliphatic carbocycles. The van der Waals surface area contributed by atoms with Gasteiger partial charge < -0.3 is 9.80 Å². The maximum atomic E-state index is 13.3. The highest BCUT2D eigenvalue weighted by Crippen LogP contribution is 2.29. The Morgan fingerprint density at radius 1 is 1.07 bits per heavy atom. The average Bonchev–Trinajstić information content (AvgIpc) is 2.90. The Labute approximate surface area is 178 Å². The number of rotatable bonds is 4. The molecule has 2 aliphatic heterocycles. The third-order valence-electron chi connectivity index (χ3n) is 6.16. The number of para-hydroxylation sites is 1. The molecule has 1 saturated heterocycles. The standard InChI is InChI=1S/C25H29N3O2/c1-3-20-13-9-10-16-27(20)23(29)17-28-22-15-8-7-14-21(22)24(26-18(2)25(28)30)19-11-5-4-6-12-19/h4-8,11-12,14-15,18,20H,3,9-10,13,16-17H2,1-2H3. The Bertz CT molecular complexity index is 954. The molecule has 4 rings (SSSR count). The van der Waals surface area contributed by atoms with Crippen LogP contribution in [-0.4, -0.2) is 47.6 Å². The van der Waals surface area contributed by atoms with Crippen LogP contribution in [0.1, 0.15) is 50.7 Å². The summed E-state index contributed by atoms with van der Waals surface area (Å²) in [6.07, 6.45) is 4.20. The number of benzene rings is 2. The van der Waals surface area contributed by atoms with E-state index in [0.29, 0.717) is 0 Å². The van der Waals surface area contributed by atoms with Crippen LogP contribution < -0.4 is 4.90 Å². The van der Waals surface area contributed by atoms with Crippen molar-refractivity contribution in [3.8, 4) is 0 Å². The van der Waals surface area contributed by atoms with Crippen molar-refractivity contribution < 1.29 is 9.59 Å². The van der Waals surface area contributed by atoms with Crippen LogP contribution in [-0.2, 0) is 9.59 Å². The van der Waals surface area contributed by atoms with Crippen molar-refractivity contribution in [2.24, 2.45) is 4.99 Å². The second-order valence-electron chi connectivity index (χ2n) is 8.11. The minimum atomic E-state index is -0.552. The van der Waals surface area contributed by atoms with E-state index in [2.05, 4.69) is 6.92 Å². The maximum absolute atomic E-state index is 13.3. The molecule has 5 heteroatoms. The quantitative estimate of drug-likeness (QED) is 0.773. The van der Waals surface area contributed by atoms with E-state index in [1.165, 1.54) is 6.42 Å². The molecule has 1 fully saturated rings. The summed E-state index contributed by atoms with van der Waals surface area (Å²) in [6.45, 7) is 4.78. The molecule has 2 unspecified atom stereocenters. The molecule has 0 spiro atoms. The SMILES string of the molecule is CCC1CCCCN1C(=O)CN1C(=O)C(C)N=C(c2ccccc2)c2ccccc21. The van der Waals surface area contributed by atoms with Gasteiger partial charge in [-0.05, 0) is 38.7 Å². The first-order chi connectivity index (χ1) is 14.6. The highest BCUT2D eigenvalue weighted by atomic mass is 16.2. The summed E-state index contributed by atoms with van der Waals surface area (Å²) in [5.74, 6) is -0.105. The van der Waals surface area contributed by atoms with E-state index < -0.39 is 6.04 Å². The van der Waals surface area contributed by atoms with Gasteiger partial charge in [-0.2, -0.15) is 0 Å². The molecule has 5 nitrogen and oxygen atoms in total. The van der Waals surface area contributed by atoms with Crippen LogP contribution in [0.4, 0.5) is 5.69 Å². The number of fused-ring (bicyclic) bond motifs is 1. The van der Waals surface area contributed by atoms with Crippen molar-refractivity contribution in [1.29, 1.82) is 0 Å². The van der Waals surface area contributed by atoms with Crippen molar-refractivity contribution in [1.82, 2.24) is 4.90 Å². The monoisotopic (exact) mass is 403 g/mol. The number of carbonyl (C=O) groups is 2. The van der Waals surface area contributed by atoms with Gasteiger partial charge in [-0.1, -0.05) is 55.5 Å². The lowest BCUT2D eigenvalue weighted by molar-refractivity contribution is -0.134. The molecular formula is C25H29N3O2. The lowest BCUT2D eigenvalue weighted by Gasteiger charge is -2.37. The number of nitrogens with zero attached hydrogens (tertiary/aromatic N) is 3. The highest BCUT2D eigenvalue weighted by Gasteiger charge is 2.33. The van der Waals surface area contributed by atoms with Crippen LogP contribution in [0.5, 0.6) is 0 Å². The van der Waals surface area contributed by atoms with Gasteiger partial charge in [0.1, 0.15) is 12.6 Å². The molecule has 0 radical (unpaired) electrons. The van der Waals surface area contributed by atoms with Gasteiger partial charge in [0, 0.05) is 23.7 Å². The van der Waals surface area contributed by atoms with Gasteiger partial charge in [0.05, 0.1) is 11.4 Å². The smallest absolute Gasteiger partial charge is 0.252 e. The van der Waals surface area contributed by atoms with Crippen molar-refractivity contribution >= 4 is 23.2 Å². The molecule has 2 heterocycles. The predicted octanol–water partition coefficient (Wildman–Crippen LogP) is 4.05. The summed E-state index contributed by atoms with van der Waals surface area (Å²) in [6, 6.07) is 17.4. The van der Waals surface area contributed by atoms with Crippen molar-refractivity contribution in [2.45, 2.75) is 51.6 Å². The lowest BCUT2D eigenvalue weighted by Crippen LogP contribution is -2.50. The molecule has 2 aromatic carbocycles. The van der Waals surface area contributed by atoms with Crippen LogP contribution in [0.25, 0.3) is 0 Å². The highest BCUT2D eigenvalue weighted by molar-refractivity contribution is 6.20. The van der Waals surface area contributed by atoms with E-state index in [-0.39, 0.29) is 24.4 Å². The zero-order valence-electron chi connectivity index (χ0n) is 17.8.